The van der Waals surface area contributed by atoms with Crippen molar-refractivity contribution in [3.05, 3.63) is 86.2 Å². The molecule has 8 nitrogen and oxygen atoms in total. The van der Waals surface area contributed by atoms with Gasteiger partial charge in [0.05, 0.1) is 18.8 Å². The van der Waals surface area contributed by atoms with Gasteiger partial charge in [-0.05, 0) is 48.7 Å². The van der Waals surface area contributed by atoms with Crippen LogP contribution < -0.4 is 21.3 Å². The van der Waals surface area contributed by atoms with E-state index in [-0.39, 0.29) is 17.5 Å². The van der Waals surface area contributed by atoms with Crippen molar-refractivity contribution < 1.29 is 9.84 Å². The quantitative estimate of drug-likeness (QED) is 0.396. The van der Waals surface area contributed by atoms with E-state index in [9.17, 15) is 14.7 Å². The number of benzene rings is 2. The molecule has 4 aromatic rings. The van der Waals surface area contributed by atoms with Crippen LogP contribution in [0.5, 0.6) is 11.6 Å². The number of rotatable bonds is 4. The van der Waals surface area contributed by atoms with Crippen molar-refractivity contribution in [2.24, 2.45) is 0 Å². The van der Waals surface area contributed by atoms with Gasteiger partial charge in [-0.15, -0.1) is 0 Å². The number of aromatic nitrogens is 3. The van der Waals surface area contributed by atoms with Crippen LogP contribution in [0.2, 0.25) is 0 Å². The number of methoxy groups -OCH3 is 1. The van der Waals surface area contributed by atoms with E-state index in [1.165, 1.54) is 0 Å². The number of hydrogen-bond acceptors (Lipinski definition) is 5. The van der Waals surface area contributed by atoms with E-state index in [1.807, 2.05) is 18.2 Å². The molecule has 8 heteroatoms. The first-order valence-electron chi connectivity index (χ1n) is 10.6. The minimum absolute atomic E-state index is 0.103. The lowest BCUT2D eigenvalue weighted by atomic mass is 9.90. The third-order valence-electron chi connectivity index (χ3n) is 6.22. The Kier molecular flexibility index (Phi) is 4.86. The molecule has 2 atom stereocenters. The van der Waals surface area contributed by atoms with E-state index >= 15 is 0 Å². The summed E-state index contributed by atoms with van der Waals surface area (Å²) < 4.78 is 6.28. The second-order valence-electron chi connectivity index (χ2n) is 8.00. The van der Waals surface area contributed by atoms with Gasteiger partial charge in [-0.1, -0.05) is 25.1 Å². The topological polar surface area (TPSA) is 112 Å². The standard InChI is InChI=1S/C24H24N4O4/c1-3-13-12-17-16-6-4-5-7-18(16)26-20(17)21(25-13)19-22(29)27-24(31)28(23(19)30)14-8-10-15(32-2)11-9-14/h4-11,13,21,25-26,30H,3,12H2,1-2H3,(H,27,29,31)/t13-,21-/m0/s1. The molecule has 32 heavy (non-hydrogen) atoms. The van der Waals surface area contributed by atoms with Gasteiger partial charge >= 0.3 is 5.69 Å². The molecule has 0 saturated heterocycles. The first kappa shape index (κ1) is 20.1. The molecule has 0 aliphatic carbocycles. The van der Waals surface area contributed by atoms with Gasteiger partial charge in [0.2, 0.25) is 5.88 Å². The molecule has 3 heterocycles. The molecular weight excluding hydrogens is 408 g/mol. The zero-order valence-electron chi connectivity index (χ0n) is 17.8. The van der Waals surface area contributed by atoms with E-state index < -0.39 is 17.3 Å². The van der Waals surface area contributed by atoms with Crippen molar-refractivity contribution in [3.8, 4) is 17.3 Å². The van der Waals surface area contributed by atoms with Crippen LogP contribution in [-0.2, 0) is 6.42 Å². The number of hydrogen-bond donors (Lipinski definition) is 4. The van der Waals surface area contributed by atoms with Crippen molar-refractivity contribution in [1.82, 2.24) is 19.9 Å². The maximum Gasteiger partial charge on any atom is 0.335 e. The molecule has 1 aliphatic rings. The molecular formula is C24H24N4O4. The summed E-state index contributed by atoms with van der Waals surface area (Å²) in [5.74, 6) is 0.233. The van der Waals surface area contributed by atoms with Crippen LogP contribution in [0, 0.1) is 0 Å². The predicted molar refractivity (Wildman–Crippen MR) is 122 cm³/mol. The summed E-state index contributed by atoms with van der Waals surface area (Å²) in [5, 5.41) is 15.8. The number of nitrogens with one attached hydrogen (secondary N) is 3. The smallest absolute Gasteiger partial charge is 0.335 e. The third-order valence-corrected chi connectivity index (χ3v) is 6.22. The van der Waals surface area contributed by atoms with Crippen LogP contribution in [0.3, 0.4) is 0 Å². The molecule has 164 valence electrons. The van der Waals surface area contributed by atoms with Crippen LogP contribution in [-0.4, -0.2) is 32.8 Å². The second kappa shape index (κ2) is 7.72. The Hall–Kier alpha value is -3.78. The van der Waals surface area contributed by atoms with Crippen molar-refractivity contribution in [3.63, 3.8) is 0 Å². The van der Waals surface area contributed by atoms with E-state index in [1.54, 1.807) is 31.4 Å². The SMILES string of the molecule is CC[C@H]1Cc2c([nH]c3ccccc23)[C@H](c2c(O)n(-c3ccc(OC)cc3)c(=O)[nH]c2=O)N1. The lowest BCUT2D eigenvalue weighted by Gasteiger charge is -2.31. The first-order valence-corrected chi connectivity index (χ1v) is 10.6. The monoisotopic (exact) mass is 432 g/mol. The van der Waals surface area contributed by atoms with Crippen molar-refractivity contribution in [1.29, 1.82) is 0 Å². The summed E-state index contributed by atoms with van der Waals surface area (Å²) in [6.07, 6.45) is 1.66. The summed E-state index contributed by atoms with van der Waals surface area (Å²) in [5.41, 5.74) is 2.13. The van der Waals surface area contributed by atoms with E-state index in [0.717, 1.165) is 39.6 Å². The molecule has 1 aliphatic heterocycles. The summed E-state index contributed by atoms with van der Waals surface area (Å²) in [6, 6.07) is 14.2. The Morgan fingerprint density at radius 2 is 1.84 bits per heavy atom. The normalized spacial score (nSPS) is 17.9. The van der Waals surface area contributed by atoms with E-state index in [2.05, 4.69) is 28.3 Å². The zero-order chi connectivity index (χ0) is 22.4. The molecule has 0 fully saturated rings. The number of aromatic hydroxyl groups is 1. The Balaban J connectivity index is 1.73. The fraction of sp³-hybridized carbons (Fsp3) is 0.250. The highest BCUT2D eigenvalue weighted by molar-refractivity contribution is 5.85. The summed E-state index contributed by atoms with van der Waals surface area (Å²) >= 11 is 0. The van der Waals surface area contributed by atoms with Crippen LogP contribution in [0.25, 0.3) is 16.6 Å². The van der Waals surface area contributed by atoms with Crippen molar-refractivity contribution >= 4 is 10.9 Å². The molecule has 2 aromatic heterocycles. The van der Waals surface area contributed by atoms with Gasteiger partial charge in [0.1, 0.15) is 11.3 Å². The lowest BCUT2D eigenvalue weighted by molar-refractivity contribution is 0.384. The number of fused-ring (bicyclic) bond motifs is 3. The van der Waals surface area contributed by atoms with Gasteiger partial charge in [0, 0.05) is 22.6 Å². The molecule has 0 unspecified atom stereocenters. The number of H-pyrrole nitrogens is 2. The van der Waals surface area contributed by atoms with Crippen molar-refractivity contribution in [2.75, 3.05) is 7.11 Å². The second-order valence-corrected chi connectivity index (χ2v) is 8.00. The molecule has 0 amide bonds. The van der Waals surface area contributed by atoms with Crippen LogP contribution in [0.4, 0.5) is 0 Å². The van der Waals surface area contributed by atoms with Gasteiger partial charge in [-0.25, -0.2) is 9.36 Å². The maximum atomic E-state index is 13.0. The van der Waals surface area contributed by atoms with Gasteiger partial charge in [-0.2, -0.15) is 0 Å². The average molecular weight is 432 g/mol. The molecule has 2 aromatic carbocycles. The highest BCUT2D eigenvalue weighted by Crippen LogP contribution is 2.37. The van der Waals surface area contributed by atoms with Crippen LogP contribution in [0.1, 0.15) is 36.2 Å². The predicted octanol–water partition coefficient (Wildman–Crippen LogP) is 2.73. The van der Waals surface area contributed by atoms with Gasteiger partial charge in [0.15, 0.2) is 0 Å². The van der Waals surface area contributed by atoms with E-state index in [4.69, 9.17) is 4.74 Å². The van der Waals surface area contributed by atoms with Gasteiger partial charge < -0.3 is 20.1 Å². The molecule has 4 N–H and O–H groups in total. The summed E-state index contributed by atoms with van der Waals surface area (Å²) in [4.78, 5) is 31.4. The molecule has 0 spiro atoms. The van der Waals surface area contributed by atoms with Crippen molar-refractivity contribution in [2.45, 2.75) is 31.8 Å². The molecule has 0 bridgehead atoms. The fourth-order valence-electron chi connectivity index (χ4n) is 4.57. The molecule has 0 radical (unpaired) electrons. The number of para-hydroxylation sites is 1. The minimum Gasteiger partial charge on any atom is -0.497 e. The summed E-state index contributed by atoms with van der Waals surface area (Å²) in [6.45, 7) is 2.08. The third kappa shape index (κ3) is 3.11. The Morgan fingerprint density at radius 3 is 2.56 bits per heavy atom. The minimum atomic E-state index is -0.707. The highest BCUT2D eigenvalue weighted by Gasteiger charge is 2.34. The largest absolute Gasteiger partial charge is 0.497 e. The number of ether oxygens (including phenoxy) is 1. The maximum absolute atomic E-state index is 13.0. The number of aromatic amines is 2. The zero-order valence-corrected chi connectivity index (χ0v) is 17.8. The van der Waals surface area contributed by atoms with E-state index in [0.29, 0.717) is 11.4 Å². The average Bonchev–Trinajstić information content (AvgIpc) is 3.18. The highest BCUT2D eigenvalue weighted by atomic mass is 16.5. The molecule has 5 rings (SSSR count). The van der Waals surface area contributed by atoms with Crippen LogP contribution in [0.15, 0.2) is 58.1 Å². The fourth-order valence-corrected chi connectivity index (χ4v) is 4.57. The Bertz CT molecular complexity index is 1410. The van der Waals surface area contributed by atoms with Gasteiger partial charge in [0.25, 0.3) is 5.56 Å². The lowest BCUT2D eigenvalue weighted by Crippen LogP contribution is -2.43. The number of nitrogens with zero attached hydrogens (tertiary/aromatic N) is 1. The van der Waals surface area contributed by atoms with Gasteiger partial charge in [-0.3, -0.25) is 9.78 Å². The summed E-state index contributed by atoms with van der Waals surface area (Å²) in [7, 11) is 1.55. The Labute approximate surface area is 183 Å². The molecule has 0 saturated carbocycles. The first-order chi connectivity index (χ1) is 15.5. The van der Waals surface area contributed by atoms with Crippen LogP contribution >= 0.6 is 0 Å². The Morgan fingerprint density at radius 1 is 1.09 bits per heavy atom.